The average molecular weight is 296 g/mol. The van der Waals surface area contributed by atoms with Crippen LogP contribution >= 0.6 is 0 Å². The minimum absolute atomic E-state index is 0.103. The number of hydrogen-bond donors (Lipinski definition) is 2. The number of rotatable bonds is 6. The number of carbonyl (C=O) groups is 1. The van der Waals surface area contributed by atoms with Gasteiger partial charge in [-0.2, -0.15) is 0 Å². The summed E-state index contributed by atoms with van der Waals surface area (Å²) in [6.45, 7) is 4.04. The molecule has 0 saturated heterocycles. The molecule has 0 saturated carbocycles. The Morgan fingerprint density at radius 1 is 0.773 bits per heavy atom. The normalized spacial score (nSPS) is 13.2. The maximum atomic E-state index is 12.0. The molecule has 2 atom stereocenters. The van der Waals surface area contributed by atoms with Gasteiger partial charge >= 0.3 is 6.03 Å². The van der Waals surface area contributed by atoms with Crippen LogP contribution in [0.15, 0.2) is 60.7 Å². The number of hydrogen-bond acceptors (Lipinski definition) is 1. The SMILES string of the molecule is C[C@@H](Cc1ccccc1)NC(=O)N[C@@H](C)Cc1ccccc1. The van der Waals surface area contributed by atoms with Crippen molar-refractivity contribution in [1.82, 2.24) is 10.6 Å². The Morgan fingerprint density at radius 2 is 1.14 bits per heavy atom. The molecule has 2 aromatic rings. The number of benzene rings is 2. The van der Waals surface area contributed by atoms with Gasteiger partial charge in [0.15, 0.2) is 0 Å². The Bertz CT molecular complexity index is 517. The van der Waals surface area contributed by atoms with Crippen molar-refractivity contribution < 1.29 is 4.79 Å². The van der Waals surface area contributed by atoms with E-state index in [1.807, 2.05) is 50.2 Å². The largest absolute Gasteiger partial charge is 0.335 e. The molecule has 0 spiro atoms. The van der Waals surface area contributed by atoms with Crippen molar-refractivity contribution in [2.75, 3.05) is 0 Å². The zero-order valence-corrected chi connectivity index (χ0v) is 13.3. The highest BCUT2D eigenvalue weighted by atomic mass is 16.2. The second-order valence-corrected chi connectivity index (χ2v) is 5.80. The van der Waals surface area contributed by atoms with E-state index in [-0.39, 0.29) is 18.1 Å². The van der Waals surface area contributed by atoms with Crippen molar-refractivity contribution in [2.24, 2.45) is 0 Å². The van der Waals surface area contributed by atoms with Crippen LogP contribution in [0.2, 0.25) is 0 Å². The van der Waals surface area contributed by atoms with E-state index in [4.69, 9.17) is 0 Å². The summed E-state index contributed by atoms with van der Waals surface area (Å²) in [4.78, 5) is 12.0. The van der Waals surface area contributed by atoms with E-state index in [0.29, 0.717) is 0 Å². The van der Waals surface area contributed by atoms with E-state index in [2.05, 4.69) is 34.9 Å². The van der Waals surface area contributed by atoms with E-state index >= 15 is 0 Å². The summed E-state index contributed by atoms with van der Waals surface area (Å²) in [5, 5.41) is 5.99. The summed E-state index contributed by atoms with van der Waals surface area (Å²) in [6, 6.07) is 20.5. The highest BCUT2D eigenvalue weighted by Crippen LogP contribution is 2.04. The topological polar surface area (TPSA) is 41.1 Å². The highest BCUT2D eigenvalue weighted by Gasteiger charge is 2.11. The third kappa shape index (κ3) is 5.60. The van der Waals surface area contributed by atoms with Gasteiger partial charge in [-0.05, 0) is 37.8 Å². The van der Waals surface area contributed by atoms with Gasteiger partial charge in [0.25, 0.3) is 0 Å². The minimum Gasteiger partial charge on any atom is -0.335 e. The molecule has 0 aromatic heterocycles. The van der Waals surface area contributed by atoms with Crippen LogP contribution in [0.25, 0.3) is 0 Å². The summed E-state index contributed by atoms with van der Waals surface area (Å²) < 4.78 is 0. The first-order chi connectivity index (χ1) is 10.6. The molecule has 0 unspecified atom stereocenters. The van der Waals surface area contributed by atoms with Crippen molar-refractivity contribution >= 4 is 6.03 Å². The number of amides is 2. The van der Waals surface area contributed by atoms with Crippen LogP contribution in [-0.2, 0) is 12.8 Å². The van der Waals surface area contributed by atoms with Crippen molar-refractivity contribution in [3.63, 3.8) is 0 Å². The van der Waals surface area contributed by atoms with Crippen molar-refractivity contribution in [2.45, 2.75) is 38.8 Å². The van der Waals surface area contributed by atoms with Gasteiger partial charge < -0.3 is 10.6 Å². The lowest BCUT2D eigenvalue weighted by Crippen LogP contribution is -2.45. The molecule has 3 nitrogen and oxygen atoms in total. The number of nitrogens with one attached hydrogen (secondary N) is 2. The lowest BCUT2D eigenvalue weighted by atomic mass is 10.1. The Kier molecular flexibility index (Phi) is 6.01. The average Bonchev–Trinajstić information content (AvgIpc) is 2.48. The first-order valence-corrected chi connectivity index (χ1v) is 7.78. The summed E-state index contributed by atoms with van der Waals surface area (Å²) in [6.07, 6.45) is 1.67. The molecule has 0 heterocycles. The molecule has 0 aliphatic rings. The van der Waals surface area contributed by atoms with Crippen molar-refractivity contribution in [3.8, 4) is 0 Å². The Morgan fingerprint density at radius 3 is 1.50 bits per heavy atom. The zero-order chi connectivity index (χ0) is 15.8. The van der Waals surface area contributed by atoms with Crippen LogP contribution in [0.5, 0.6) is 0 Å². The number of urea groups is 1. The van der Waals surface area contributed by atoms with E-state index in [9.17, 15) is 4.79 Å². The zero-order valence-electron chi connectivity index (χ0n) is 13.3. The fourth-order valence-corrected chi connectivity index (χ4v) is 2.53. The summed E-state index contributed by atoms with van der Waals surface area (Å²) in [7, 11) is 0. The monoisotopic (exact) mass is 296 g/mol. The molecule has 3 heteroatoms. The smallest absolute Gasteiger partial charge is 0.315 e. The molecule has 0 aliphatic heterocycles. The predicted octanol–water partition coefficient (Wildman–Crippen LogP) is 3.55. The van der Waals surface area contributed by atoms with Crippen LogP contribution in [0, 0.1) is 0 Å². The molecule has 0 aliphatic carbocycles. The lowest BCUT2D eigenvalue weighted by Gasteiger charge is -2.18. The molecule has 0 fully saturated rings. The lowest BCUT2D eigenvalue weighted by molar-refractivity contribution is 0.234. The molecule has 0 bridgehead atoms. The predicted molar refractivity (Wildman–Crippen MR) is 90.9 cm³/mol. The van der Waals surface area contributed by atoms with E-state index in [1.165, 1.54) is 11.1 Å². The van der Waals surface area contributed by atoms with E-state index < -0.39 is 0 Å². The minimum atomic E-state index is -0.105. The second-order valence-electron chi connectivity index (χ2n) is 5.80. The molecule has 22 heavy (non-hydrogen) atoms. The molecular formula is C19H24N2O. The maximum absolute atomic E-state index is 12.0. The summed E-state index contributed by atoms with van der Waals surface area (Å²) >= 11 is 0. The van der Waals surface area contributed by atoms with E-state index in [1.54, 1.807) is 0 Å². The molecule has 0 radical (unpaired) electrons. The second kappa shape index (κ2) is 8.23. The van der Waals surface area contributed by atoms with Gasteiger partial charge in [-0.25, -0.2) is 4.79 Å². The first kappa shape index (κ1) is 16.1. The maximum Gasteiger partial charge on any atom is 0.315 e. The Labute approximate surface area is 132 Å². The van der Waals surface area contributed by atoms with Crippen LogP contribution < -0.4 is 10.6 Å². The van der Waals surface area contributed by atoms with Crippen LogP contribution in [-0.4, -0.2) is 18.1 Å². The van der Waals surface area contributed by atoms with Gasteiger partial charge in [-0.15, -0.1) is 0 Å². The van der Waals surface area contributed by atoms with Gasteiger partial charge in [-0.3, -0.25) is 0 Å². The van der Waals surface area contributed by atoms with Gasteiger partial charge in [0.05, 0.1) is 0 Å². The highest BCUT2D eigenvalue weighted by molar-refractivity contribution is 5.74. The third-order valence-corrected chi connectivity index (χ3v) is 3.52. The van der Waals surface area contributed by atoms with E-state index in [0.717, 1.165) is 12.8 Å². The Balaban J connectivity index is 1.75. The Hall–Kier alpha value is -2.29. The van der Waals surface area contributed by atoms with Gasteiger partial charge in [0, 0.05) is 12.1 Å². The van der Waals surface area contributed by atoms with Crippen LogP contribution in [0.4, 0.5) is 4.79 Å². The standard InChI is InChI=1S/C19H24N2O/c1-15(13-17-9-5-3-6-10-17)20-19(22)21-16(2)14-18-11-7-4-8-12-18/h3-12,15-16H,13-14H2,1-2H3,(H2,20,21,22)/t15-,16-/m0/s1. The summed E-state index contributed by atoms with van der Waals surface area (Å²) in [5.41, 5.74) is 2.46. The third-order valence-electron chi connectivity index (χ3n) is 3.52. The fraction of sp³-hybridized carbons (Fsp3) is 0.316. The van der Waals surface area contributed by atoms with Gasteiger partial charge in [0.2, 0.25) is 0 Å². The quantitative estimate of drug-likeness (QED) is 0.841. The van der Waals surface area contributed by atoms with Crippen molar-refractivity contribution in [1.29, 1.82) is 0 Å². The molecular weight excluding hydrogens is 272 g/mol. The molecule has 116 valence electrons. The van der Waals surface area contributed by atoms with Gasteiger partial charge in [-0.1, -0.05) is 60.7 Å². The fourth-order valence-electron chi connectivity index (χ4n) is 2.53. The first-order valence-electron chi connectivity index (χ1n) is 7.78. The van der Waals surface area contributed by atoms with Crippen molar-refractivity contribution in [3.05, 3.63) is 71.8 Å². The molecule has 2 amide bonds. The number of carbonyl (C=O) groups excluding carboxylic acids is 1. The summed E-state index contributed by atoms with van der Waals surface area (Å²) in [5.74, 6) is 0. The van der Waals surface area contributed by atoms with Gasteiger partial charge in [0.1, 0.15) is 0 Å². The molecule has 2 rings (SSSR count). The molecule has 2 aromatic carbocycles. The molecule has 2 N–H and O–H groups in total. The van der Waals surface area contributed by atoms with Crippen LogP contribution in [0.3, 0.4) is 0 Å². The van der Waals surface area contributed by atoms with Crippen LogP contribution in [0.1, 0.15) is 25.0 Å².